The zero-order chi connectivity index (χ0) is 43.2. The molecule has 6 rings (SSSR count). The third-order valence-electron chi connectivity index (χ3n) is 13.9. The minimum absolute atomic E-state index is 0.0232. The maximum absolute atomic E-state index is 14.7. The van der Waals surface area contributed by atoms with Crippen LogP contribution >= 0.6 is 11.3 Å². The summed E-state index contributed by atoms with van der Waals surface area (Å²) in [5.41, 5.74) is 2.54. The van der Waals surface area contributed by atoms with Crippen molar-refractivity contribution in [2.45, 2.75) is 148 Å². The number of likely N-dealkylation sites (tertiary alicyclic amines) is 2. The van der Waals surface area contributed by atoms with E-state index in [4.69, 9.17) is 9.16 Å². The molecule has 4 aliphatic rings. The van der Waals surface area contributed by atoms with Gasteiger partial charge in [-0.25, -0.2) is 13.8 Å². The van der Waals surface area contributed by atoms with Gasteiger partial charge in [0.25, 0.3) is 5.92 Å². The highest BCUT2D eigenvalue weighted by molar-refractivity contribution is 7.13. The lowest BCUT2D eigenvalue weighted by Gasteiger charge is -2.46. The van der Waals surface area contributed by atoms with Crippen molar-refractivity contribution in [3.63, 3.8) is 0 Å². The topological polar surface area (TPSA) is 133 Å². The van der Waals surface area contributed by atoms with Crippen molar-refractivity contribution >= 4 is 37.4 Å². The number of piperidine rings is 1. The van der Waals surface area contributed by atoms with E-state index in [1.54, 1.807) is 16.2 Å². The Morgan fingerprint density at radius 1 is 1.08 bits per heavy atom. The highest BCUT2D eigenvalue weighted by Gasteiger charge is 2.71. The summed E-state index contributed by atoms with van der Waals surface area (Å²) in [6, 6.07) is 6.42. The van der Waals surface area contributed by atoms with Crippen molar-refractivity contribution < 1.29 is 37.4 Å². The maximum Gasteiger partial charge on any atom is 0.258 e. The van der Waals surface area contributed by atoms with Gasteiger partial charge in [0.1, 0.15) is 12.1 Å². The van der Waals surface area contributed by atoms with Gasteiger partial charge in [-0.05, 0) is 73.2 Å². The van der Waals surface area contributed by atoms with Gasteiger partial charge in [-0.3, -0.25) is 14.4 Å². The molecule has 1 aliphatic carbocycles. The number of benzene rings is 1. The molecule has 1 spiro atoms. The number of aliphatic hydroxyl groups excluding tert-OH is 1. The van der Waals surface area contributed by atoms with Crippen LogP contribution in [0.5, 0.6) is 0 Å². The SMILES string of the molecule is Cc1ncsc1-c1ccc(CNC(=O)[C@@H]2C[C@@H](O[Si](C)(C)C(C)(C)C)CN2C(=O)[C@@H](NC(=O)C[C@@H]2CCC3(CCN(C[C@@]4(CO)CC4(F)F)CC3)OC2)C(C)(C)C)cc1. The fourth-order valence-electron chi connectivity index (χ4n) is 8.72. The van der Waals surface area contributed by atoms with E-state index in [-0.39, 0.29) is 66.3 Å². The smallest absolute Gasteiger partial charge is 0.258 e. The summed E-state index contributed by atoms with van der Waals surface area (Å²) >= 11 is 1.59. The molecule has 15 heteroatoms. The van der Waals surface area contributed by atoms with Gasteiger partial charge in [-0.1, -0.05) is 65.8 Å². The number of rotatable bonds is 13. The van der Waals surface area contributed by atoms with E-state index in [9.17, 15) is 28.3 Å². The predicted molar refractivity (Wildman–Crippen MR) is 228 cm³/mol. The van der Waals surface area contributed by atoms with Gasteiger partial charge >= 0.3 is 0 Å². The van der Waals surface area contributed by atoms with Crippen LogP contribution in [0.1, 0.15) is 97.7 Å². The minimum atomic E-state index is -2.80. The average molecular weight is 860 g/mol. The molecule has 3 aliphatic heterocycles. The summed E-state index contributed by atoms with van der Waals surface area (Å²) in [6.07, 6.45) is 3.01. The summed E-state index contributed by atoms with van der Waals surface area (Å²) in [6.45, 7) is 20.6. The molecule has 0 radical (unpaired) electrons. The molecule has 328 valence electrons. The molecule has 0 bridgehead atoms. The van der Waals surface area contributed by atoms with Crippen LogP contribution in [0.25, 0.3) is 10.4 Å². The molecule has 4 fully saturated rings. The molecule has 3 N–H and O–H groups in total. The zero-order valence-electron chi connectivity index (χ0n) is 36.6. The Bertz CT molecular complexity index is 1810. The largest absolute Gasteiger partial charge is 0.412 e. The number of nitrogens with zero attached hydrogens (tertiary/aromatic N) is 3. The standard InChI is InChI=1S/C44H67F2N5O6SSi/c1-29-36(58-28-48-29)32-12-10-30(11-13-32)22-47-38(54)34-21-33(57-59(8,9)41(5,6)7)23-51(34)39(55)37(40(2,3)4)49-35(53)20-31-14-15-43(56-24-31)16-18-50(19-17-43)26-42(27-52)25-44(42,45)46/h10-13,28,31,33-34,37,52H,14-27H2,1-9H3,(H,47,54)(H,49,53)/t31-,33+,34-,37+,42+/m0/s1. The first kappa shape index (κ1) is 45.7. The van der Waals surface area contributed by atoms with Gasteiger partial charge in [-0.15, -0.1) is 11.3 Å². The number of halogens is 2. The van der Waals surface area contributed by atoms with Crippen LogP contribution in [-0.4, -0.2) is 115 Å². The number of nitrogens with one attached hydrogen (secondary N) is 2. The van der Waals surface area contributed by atoms with E-state index in [2.05, 4.69) is 49.5 Å². The van der Waals surface area contributed by atoms with Crippen molar-refractivity contribution in [3.8, 4) is 10.4 Å². The van der Waals surface area contributed by atoms with Gasteiger partial charge < -0.3 is 34.7 Å². The molecular formula is C44H67F2N5O6SSi. The highest BCUT2D eigenvalue weighted by Crippen LogP contribution is 2.60. The van der Waals surface area contributed by atoms with Crippen LogP contribution < -0.4 is 10.6 Å². The molecule has 59 heavy (non-hydrogen) atoms. The van der Waals surface area contributed by atoms with Crippen molar-refractivity contribution in [2.75, 3.05) is 39.4 Å². The molecule has 1 saturated carbocycles. The lowest BCUT2D eigenvalue weighted by molar-refractivity contribution is -0.146. The Hall–Kier alpha value is -2.82. The molecule has 11 nitrogen and oxygen atoms in total. The van der Waals surface area contributed by atoms with Crippen LogP contribution in [0.3, 0.4) is 0 Å². The normalized spacial score (nSPS) is 26.4. The first-order chi connectivity index (χ1) is 27.5. The molecule has 1 aromatic carbocycles. The number of hydrogen-bond acceptors (Lipinski definition) is 9. The van der Waals surface area contributed by atoms with Crippen molar-refractivity contribution in [1.29, 1.82) is 0 Å². The van der Waals surface area contributed by atoms with Gasteiger partial charge in [0.05, 0.1) is 46.4 Å². The number of ether oxygens (including phenoxy) is 1. The van der Waals surface area contributed by atoms with Crippen molar-refractivity contribution in [3.05, 3.63) is 41.0 Å². The predicted octanol–water partition coefficient (Wildman–Crippen LogP) is 6.93. The number of carbonyl (C=O) groups is 3. The van der Waals surface area contributed by atoms with Gasteiger partial charge in [0.15, 0.2) is 8.32 Å². The van der Waals surface area contributed by atoms with E-state index in [0.29, 0.717) is 32.7 Å². The van der Waals surface area contributed by atoms with Crippen LogP contribution in [0, 0.1) is 23.7 Å². The fraction of sp³-hybridized carbons (Fsp3) is 0.727. The quantitative estimate of drug-likeness (QED) is 0.185. The number of aliphatic hydroxyl groups is 1. The number of alkyl halides is 2. The van der Waals surface area contributed by atoms with E-state index in [1.165, 1.54) is 0 Å². The molecule has 3 saturated heterocycles. The van der Waals surface area contributed by atoms with E-state index < -0.39 is 43.8 Å². The first-order valence-corrected chi connectivity index (χ1v) is 25.2. The van der Waals surface area contributed by atoms with Gasteiger partial charge in [-0.2, -0.15) is 0 Å². The molecule has 4 heterocycles. The Labute approximate surface area is 354 Å². The lowest BCUT2D eigenvalue weighted by atomic mass is 9.80. The number of amides is 3. The van der Waals surface area contributed by atoms with Crippen LogP contribution in [0.2, 0.25) is 18.1 Å². The number of aryl methyl sites for hydroxylation is 1. The molecule has 1 aromatic heterocycles. The molecule has 0 unspecified atom stereocenters. The first-order valence-electron chi connectivity index (χ1n) is 21.4. The second kappa shape index (κ2) is 17.1. The number of aromatic nitrogens is 1. The second-order valence-corrected chi connectivity index (χ2v) is 26.1. The van der Waals surface area contributed by atoms with Gasteiger partial charge in [0, 0.05) is 52.0 Å². The second-order valence-electron chi connectivity index (χ2n) is 20.5. The third-order valence-corrected chi connectivity index (χ3v) is 19.4. The summed E-state index contributed by atoms with van der Waals surface area (Å²) in [5.74, 6) is -3.60. The van der Waals surface area contributed by atoms with E-state index >= 15 is 0 Å². The Morgan fingerprint density at radius 2 is 1.75 bits per heavy atom. The Kier molecular flexibility index (Phi) is 13.3. The monoisotopic (exact) mass is 859 g/mol. The minimum Gasteiger partial charge on any atom is -0.412 e. The fourth-order valence-corrected chi connectivity index (χ4v) is 10.9. The molecule has 3 amide bonds. The molecule has 2 aromatic rings. The zero-order valence-corrected chi connectivity index (χ0v) is 38.4. The molecular weight excluding hydrogens is 793 g/mol. The third kappa shape index (κ3) is 10.3. The van der Waals surface area contributed by atoms with Crippen LogP contribution in [-0.2, 0) is 30.1 Å². The number of hydrogen-bond donors (Lipinski definition) is 3. The summed E-state index contributed by atoms with van der Waals surface area (Å²) in [5, 5.41) is 15.8. The van der Waals surface area contributed by atoms with Gasteiger partial charge in [0.2, 0.25) is 17.7 Å². The summed E-state index contributed by atoms with van der Waals surface area (Å²) in [7, 11) is -2.24. The lowest BCUT2D eigenvalue weighted by Crippen LogP contribution is -2.58. The highest BCUT2D eigenvalue weighted by atomic mass is 32.1. The number of thiazole rings is 1. The Morgan fingerprint density at radius 3 is 2.27 bits per heavy atom. The van der Waals surface area contributed by atoms with E-state index in [0.717, 1.165) is 47.4 Å². The molecule has 5 atom stereocenters. The Balaban J connectivity index is 1.07. The summed E-state index contributed by atoms with van der Waals surface area (Å²) < 4.78 is 41.2. The maximum atomic E-state index is 14.7. The summed E-state index contributed by atoms with van der Waals surface area (Å²) in [4.78, 5) is 51.6. The van der Waals surface area contributed by atoms with Crippen molar-refractivity contribution in [1.82, 2.24) is 25.4 Å². The van der Waals surface area contributed by atoms with Crippen LogP contribution in [0.15, 0.2) is 29.8 Å². The number of carbonyl (C=O) groups excluding carboxylic acids is 3. The van der Waals surface area contributed by atoms with Crippen LogP contribution in [0.4, 0.5) is 8.78 Å². The van der Waals surface area contributed by atoms with Crippen molar-refractivity contribution in [2.24, 2.45) is 16.7 Å². The average Bonchev–Trinajstić information content (AvgIpc) is 3.46. The van der Waals surface area contributed by atoms with E-state index in [1.807, 2.05) is 62.4 Å².